The fraction of sp³-hybridized carbons (Fsp3) is 0.818. The van der Waals surface area contributed by atoms with Crippen LogP contribution in [0, 0.1) is 11.8 Å². The van der Waals surface area contributed by atoms with Crippen molar-refractivity contribution in [2.75, 3.05) is 34.3 Å². The first-order valence-electron chi connectivity index (χ1n) is 10.8. The van der Waals surface area contributed by atoms with Crippen molar-refractivity contribution in [3.63, 3.8) is 0 Å². The van der Waals surface area contributed by atoms with Crippen molar-refractivity contribution in [3.05, 3.63) is 0 Å². The second-order valence-electron chi connectivity index (χ2n) is 10.5. The number of carbonyl (C=O) groups is 4. The minimum atomic E-state index is -0.618. The van der Waals surface area contributed by atoms with Crippen molar-refractivity contribution >= 4 is 23.8 Å². The van der Waals surface area contributed by atoms with Gasteiger partial charge in [0.05, 0.1) is 33.5 Å². The van der Waals surface area contributed by atoms with Crippen LogP contribution in [0.15, 0.2) is 0 Å². The van der Waals surface area contributed by atoms with Crippen LogP contribution in [-0.4, -0.2) is 79.3 Å². The van der Waals surface area contributed by atoms with E-state index in [0.717, 1.165) is 0 Å². The Labute approximate surface area is 185 Å². The molecule has 3 atom stereocenters. The second-order valence-corrected chi connectivity index (χ2v) is 10.5. The largest absolute Gasteiger partial charge is 0.460 e. The molecule has 9 heteroatoms. The molecular weight excluding hydrogens is 404 g/mol. The van der Waals surface area contributed by atoms with Gasteiger partial charge in [-0.25, -0.2) is 4.79 Å². The van der Waals surface area contributed by atoms with Gasteiger partial charge in [0.1, 0.15) is 18.2 Å². The zero-order valence-corrected chi connectivity index (χ0v) is 20.2. The number of hydroxylamine groups is 2. The molecule has 0 aromatic rings. The second kappa shape index (κ2) is 11.0. The number of hydrogen-bond acceptors (Lipinski definition) is 7. The summed E-state index contributed by atoms with van der Waals surface area (Å²) in [6.45, 7) is 10.1. The Bertz CT molecular complexity index is 648. The number of ether oxygens (including phenoxy) is 2. The van der Waals surface area contributed by atoms with Gasteiger partial charge in [0.15, 0.2) is 0 Å². The van der Waals surface area contributed by atoms with Gasteiger partial charge in [-0.05, 0) is 33.1 Å². The van der Waals surface area contributed by atoms with Crippen molar-refractivity contribution in [1.29, 1.82) is 0 Å². The predicted octanol–water partition coefficient (Wildman–Crippen LogP) is 2.08. The third-order valence-electron chi connectivity index (χ3n) is 4.53. The van der Waals surface area contributed by atoms with Crippen LogP contribution in [0.1, 0.15) is 60.3 Å². The minimum Gasteiger partial charge on any atom is -0.460 e. The van der Waals surface area contributed by atoms with E-state index in [9.17, 15) is 19.2 Å². The molecule has 0 aromatic heterocycles. The summed E-state index contributed by atoms with van der Waals surface area (Å²) in [5.74, 6) is -2.43. The maximum atomic E-state index is 12.3. The number of imide groups is 1. The molecule has 0 aromatic carbocycles. The molecule has 2 amide bonds. The lowest BCUT2D eigenvalue weighted by Gasteiger charge is -2.30. The Morgan fingerprint density at radius 1 is 1.06 bits per heavy atom. The first kappa shape index (κ1) is 27.0. The van der Waals surface area contributed by atoms with Gasteiger partial charge in [-0.1, -0.05) is 13.8 Å². The van der Waals surface area contributed by atoms with Crippen molar-refractivity contribution in [2.24, 2.45) is 11.8 Å². The van der Waals surface area contributed by atoms with Gasteiger partial charge in [-0.3, -0.25) is 14.4 Å². The Kier molecular flexibility index (Phi) is 9.63. The molecule has 3 unspecified atom stereocenters. The highest BCUT2D eigenvalue weighted by molar-refractivity contribution is 6.01. The van der Waals surface area contributed by atoms with E-state index in [-0.39, 0.29) is 37.3 Å². The van der Waals surface area contributed by atoms with Gasteiger partial charge in [-0.15, -0.1) is 5.06 Å². The van der Waals surface area contributed by atoms with Gasteiger partial charge in [-0.2, -0.15) is 0 Å². The van der Waals surface area contributed by atoms with E-state index in [0.29, 0.717) is 29.1 Å². The van der Waals surface area contributed by atoms with Crippen LogP contribution in [0.3, 0.4) is 0 Å². The van der Waals surface area contributed by atoms with E-state index in [1.807, 2.05) is 48.8 Å². The number of nitrogens with zero attached hydrogens (tertiary/aromatic N) is 2. The molecule has 1 aliphatic rings. The molecule has 9 nitrogen and oxygen atoms in total. The molecule has 1 fully saturated rings. The van der Waals surface area contributed by atoms with Crippen molar-refractivity contribution in [1.82, 2.24) is 5.06 Å². The zero-order valence-electron chi connectivity index (χ0n) is 20.2. The molecular formula is C22H39N2O7+. The molecule has 31 heavy (non-hydrogen) atoms. The van der Waals surface area contributed by atoms with E-state index in [2.05, 4.69) is 0 Å². The Morgan fingerprint density at radius 2 is 1.61 bits per heavy atom. The van der Waals surface area contributed by atoms with Gasteiger partial charge < -0.3 is 18.8 Å². The summed E-state index contributed by atoms with van der Waals surface area (Å²) in [7, 11) is 6.07. The van der Waals surface area contributed by atoms with Crippen molar-refractivity contribution in [2.45, 2.75) is 72.0 Å². The molecule has 0 bridgehead atoms. The Balaban J connectivity index is 2.56. The third-order valence-corrected chi connectivity index (χ3v) is 4.53. The third kappa shape index (κ3) is 10.7. The first-order valence-corrected chi connectivity index (χ1v) is 10.8. The Hall–Kier alpha value is -2.00. The van der Waals surface area contributed by atoms with Crippen LogP contribution in [0.4, 0.5) is 0 Å². The first-order chi connectivity index (χ1) is 14.1. The highest BCUT2D eigenvalue weighted by Crippen LogP contribution is 2.19. The van der Waals surface area contributed by atoms with E-state index in [1.165, 1.54) is 0 Å². The summed E-state index contributed by atoms with van der Waals surface area (Å²) in [4.78, 5) is 52.7. The molecule has 178 valence electrons. The molecule has 0 aliphatic carbocycles. The zero-order chi connectivity index (χ0) is 24.0. The minimum absolute atomic E-state index is 0.00105. The Morgan fingerprint density at radius 3 is 2.10 bits per heavy atom. The number of likely N-dealkylation sites (N-methyl/N-ethyl adjacent to an activating group) is 1. The number of quaternary nitrogens is 1. The van der Waals surface area contributed by atoms with Gasteiger partial charge in [0.25, 0.3) is 11.8 Å². The molecule has 1 saturated heterocycles. The van der Waals surface area contributed by atoms with E-state index >= 15 is 0 Å². The predicted molar refractivity (Wildman–Crippen MR) is 113 cm³/mol. The molecule has 0 radical (unpaired) electrons. The standard InChI is InChI=1S/C22H39N2O7/c1-15(11-16(2)21(28)31-23-18(25)9-10-19(23)26)14-29-17(13-24(6,7)8)12-20(27)30-22(3,4)5/h15-17H,9-14H2,1-8H3/q+1. The van der Waals surface area contributed by atoms with Crippen LogP contribution in [0.25, 0.3) is 0 Å². The molecule has 1 rings (SSSR count). The smallest absolute Gasteiger partial charge is 0.335 e. The summed E-state index contributed by atoms with van der Waals surface area (Å²) >= 11 is 0. The van der Waals surface area contributed by atoms with E-state index in [4.69, 9.17) is 14.3 Å². The van der Waals surface area contributed by atoms with E-state index < -0.39 is 29.3 Å². The monoisotopic (exact) mass is 443 g/mol. The molecule has 0 saturated carbocycles. The van der Waals surface area contributed by atoms with E-state index in [1.54, 1.807) is 6.92 Å². The van der Waals surface area contributed by atoms with Crippen LogP contribution in [-0.2, 0) is 33.5 Å². The van der Waals surface area contributed by atoms with Gasteiger partial charge >= 0.3 is 11.9 Å². The highest BCUT2D eigenvalue weighted by atomic mass is 16.7. The fourth-order valence-corrected chi connectivity index (χ4v) is 3.26. The van der Waals surface area contributed by atoms with Crippen molar-refractivity contribution < 1.29 is 38.0 Å². The summed E-state index contributed by atoms with van der Waals surface area (Å²) in [5, 5.41) is 0.568. The topological polar surface area (TPSA) is 99.2 Å². The van der Waals surface area contributed by atoms with Crippen LogP contribution in [0.2, 0.25) is 0 Å². The molecule has 0 spiro atoms. The average molecular weight is 444 g/mol. The molecule has 1 aliphatic heterocycles. The SMILES string of the molecule is CC(COC(CC(=O)OC(C)(C)C)C[N+](C)(C)C)CC(C)C(=O)ON1C(=O)CCC1=O. The number of carbonyl (C=O) groups excluding carboxylic acids is 4. The van der Waals surface area contributed by atoms with Crippen LogP contribution < -0.4 is 0 Å². The summed E-state index contributed by atoms with van der Waals surface area (Å²) in [5.41, 5.74) is -0.556. The maximum absolute atomic E-state index is 12.3. The summed E-state index contributed by atoms with van der Waals surface area (Å²) in [6, 6.07) is 0. The lowest BCUT2D eigenvalue weighted by atomic mass is 9.98. The average Bonchev–Trinajstić information content (AvgIpc) is 2.88. The maximum Gasteiger partial charge on any atom is 0.335 e. The summed E-state index contributed by atoms with van der Waals surface area (Å²) < 4.78 is 12.1. The molecule has 1 heterocycles. The molecule has 0 N–H and O–H groups in total. The lowest BCUT2D eigenvalue weighted by molar-refractivity contribution is -0.873. The highest BCUT2D eigenvalue weighted by Gasteiger charge is 2.34. The van der Waals surface area contributed by atoms with Crippen LogP contribution in [0.5, 0.6) is 0 Å². The quantitative estimate of drug-likeness (QED) is 0.274. The van der Waals surface area contributed by atoms with Gasteiger partial charge in [0, 0.05) is 19.4 Å². The van der Waals surface area contributed by atoms with Gasteiger partial charge in [0.2, 0.25) is 0 Å². The number of rotatable bonds is 11. The normalized spacial score (nSPS) is 18.0. The lowest BCUT2D eigenvalue weighted by Crippen LogP contribution is -2.44. The number of esters is 1. The summed E-state index contributed by atoms with van der Waals surface area (Å²) in [6.07, 6.45) is 0.417. The van der Waals surface area contributed by atoms with Crippen LogP contribution >= 0.6 is 0 Å². The number of hydrogen-bond donors (Lipinski definition) is 0. The van der Waals surface area contributed by atoms with Crippen molar-refractivity contribution in [3.8, 4) is 0 Å². The fourth-order valence-electron chi connectivity index (χ4n) is 3.26. The number of amides is 2.